The quantitative estimate of drug-likeness (QED) is 0.663. The van der Waals surface area contributed by atoms with Gasteiger partial charge in [-0.15, -0.1) is 0 Å². The van der Waals surface area contributed by atoms with Gasteiger partial charge in [0.05, 0.1) is 0 Å². The molecule has 0 radical (unpaired) electrons. The molecule has 0 aliphatic carbocycles. The Morgan fingerprint density at radius 2 is 1.80 bits per heavy atom. The summed E-state index contributed by atoms with van der Waals surface area (Å²) >= 11 is 3.37. The monoisotopic (exact) mass is 331 g/mol. The Hall–Kier alpha value is -1.61. The number of rotatable bonds is 4. The predicted octanol–water partition coefficient (Wildman–Crippen LogP) is 4.46. The number of carbonyl (C=O) groups excluding carboxylic acids is 1. The molecule has 0 amide bonds. The minimum Gasteiger partial charge on any atom is -0.398 e. The van der Waals surface area contributed by atoms with Crippen LogP contribution in [0.2, 0.25) is 0 Å². The van der Waals surface area contributed by atoms with Crippen molar-refractivity contribution in [2.45, 2.75) is 20.3 Å². The van der Waals surface area contributed by atoms with Crippen molar-refractivity contribution >= 4 is 27.4 Å². The van der Waals surface area contributed by atoms with Crippen LogP contribution in [0.15, 0.2) is 46.9 Å². The van der Waals surface area contributed by atoms with Crippen LogP contribution in [0, 0.1) is 5.92 Å². The van der Waals surface area contributed by atoms with Gasteiger partial charge in [-0.25, -0.2) is 0 Å². The molecule has 0 aliphatic heterocycles. The van der Waals surface area contributed by atoms with Crippen molar-refractivity contribution in [3.63, 3.8) is 0 Å². The van der Waals surface area contributed by atoms with Gasteiger partial charge in [0.25, 0.3) is 0 Å². The van der Waals surface area contributed by atoms with Crippen molar-refractivity contribution in [3.8, 4) is 0 Å². The van der Waals surface area contributed by atoms with Gasteiger partial charge in [0, 0.05) is 21.3 Å². The van der Waals surface area contributed by atoms with E-state index in [1.54, 1.807) is 18.2 Å². The molecule has 0 aromatic heterocycles. The van der Waals surface area contributed by atoms with Crippen LogP contribution in [-0.2, 0) is 6.42 Å². The summed E-state index contributed by atoms with van der Waals surface area (Å²) in [5.41, 5.74) is 9.06. The Kier molecular flexibility index (Phi) is 4.61. The number of carbonyl (C=O) groups is 1. The third kappa shape index (κ3) is 3.28. The second kappa shape index (κ2) is 6.23. The van der Waals surface area contributed by atoms with Crippen LogP contribution < -0.4 is 5.73 Å². The van der Waals surface area contributed by atoms with E-state index in [1.807, 2.05) is 24.3 Å². The van der Waals surface area contributed by atoms with Crippen LogP contribution in [0.3, 0.4) is 0 Å². The summed E-state index contributed by atoms with van der Waals surface area (Å²) in [6.07, 6.45) is 0.882. The molecule has 0 fully saturated rings. The summed E-state index contributed by atoms with van der Waals surface area (Å²) in [6, 6.07) is 13.0. The molecule has 0 atom stereocenters. The normalized spacial score (nSPS) is 10.8. The molecule has 0 aliphatic rings. The van der Waals surface area contributed by atoms with Gasteiger partial charge in [0.15, 0.2) is 5.78 Å². The van der Waals surface area contributed by atoms with Gasteiger partial charge in [-0.2, -0.15) is 0 Å². The molecule has 2 aromatic carbocycles. The second-order valence-electron chi connectivity index (χ2n) is 5.31. The Labute approximate surface area is 128 Å². The molecule has 0 spiro atoms. The molecule has 2 rings (SSSR count). The maximum atomic E-state index is 12.5. The van der Waals surface area contributed by atoms with E-state index in [0.29, 0.717) is 22.7 Å². The third-order valence-corrected chi connectivity index (χ3v) is 3.70. The van der Waals surface area contributed by atoms with Crippen LogP contribution in [0.5, 0.6) is 0 Å². The van der Waals surface area contributed by atoms with Crippen molar-refractivity contribution in [2.24, 2.45) is 5.92 Å². The maximum absolute atomic E-state index is 12.5. The summed E-state index contributed by atoms with van der Waals surface area (Å²) in [7, 11) is 0. The topological polar surface area (TPSA) is 43.1 Å². The SMILES string of the molecule is CC(C)Cc1cccc(C(=O)c2ccc(Br)cc2)c1N. The van der Waals surface area contributed by atoms with E-state index in [-0.39, 0.29) is 5.78 Å². The van der Waals surface area contributed by atoms with Crippen LogP contribution in [0.25, 0.3) is 0 Å². The second-order valence-corrected chi connectivity index (χ2v) is 6.23. The summed E-state index contributed by atoms with van der Waals surface area (Å²) in [4.78, 5) is 12.5. The van der Waals surface area contributed by atoms with Gasteiger partial charge < -0.3 is 5.73 Å². The molecule has 0 bridgehead atoms. The van der Waals surface area contributed by atoms with E-state index < -0.39 is 0 Å². The minimum atomic E-state index is -0.0272. The summed E-state index contributed by atoms with van der Waals surface area (Å²) < 4.78 is 0.954. The molecule has 0 heterocycles. The first-order chi connectivity index (χ1) is 9.49. The molecule has 2 nitrogen and oxygen atoms in total. The zero-order valence-corrected chi connectivity index (χ0v) is 13.3. The summed E-state index contributed by atoms with van der Waals surface area (Å²) in [6.45, 7) is 4.28. The fourth-order valence-electron chi connectivity index (χ4n) is 2.19. The highest BCUT2D eigenvalue weighted by molar-refractivity contribution is 9.10. The standard InChI is InChI=1S/C17H18BrNO/c1-11(2)10-13-4-3-5-15(16(13)19)17(20)12-6-8-14(18)9-7-12/h3-9,11H,10,19H2,1-2H3. The lowest BCUT2D eigenvalue weighted by Gasteiger charge is -2.12. The fraction of sp³-hybridized carbons (Fsp3) is 0.235. The van der Waals surface area contributed by atoms with Gasteiger partial charge in [-0.1, -0.05) is 41.9 Å². The largest absolute Gasteiger partial charge is 0.398 e. The number of anilines is 1. The van der Waals surface area contributed by atoms with Gasteiger partial charge in [0.2, 0.25) is 0 Å². The lowest BCUT2D eigenvalue weighted by atomic mass is 9.95. The minimum absolute atomic E-state index is 0.0272. The number of nitrogens with two attached hydrogens (primary N) is 1. The molecular formula is C17H18BrNO. The molecule has 104 valence electrons. The average Bonchev–Trinajstić information content (AvgIpc) is 2.41. The van der Waals surface area contributed by atoms with Crippen LogP contribution in [-0.4, -0.2) is 5.78 Å². The lowest BCUT2D eigenvalue weighted by molar-refractivity contribution is 0.103. The molecular weight excluding hydrogens is 314 g/mol. The number of hydrogen-bond acceptors (Lipinski definition) is 2. The van der Waals surface area contributed by atoms with E-state index in [4.69, 9.17) is 5.73 Å². The highest BCUT2D eigenvalue weighted by Gasteiger charge is 2.14. The van der Waals surface area contributed by atoms with Crippen LogP contribution >= 0.6 is 15.9 Å². The highest BCUT2D eigenvalue weighted by atomic mass is 79.9. The first-order valence-electron chi connectivity index (χ1n) is 6.66. The van der Waals surface area contributed by atoms with Gasteiger partial charge in [0.1, 0.15) is 0 Å². The summed E-state index contributed by atoms with van der Waals surface area (Å²) in [5, 5.41) is 0. The molecule has 2 N–H and O–H groups in total. The van der Waals surface area contributed by atoms with Crippen molar-refractivity contribution in [1.29, 1.82) is 0 Å². The number of ketones is 1. The molecule has 2 aromatic rings. The number of para-hydroxylation sites is 1. The van der Waals surface area contributed by atoms with Gasteiger partial charge >= 0.3 is 0 Å². The van der Waals surface area contributed by atoms with Crippen molar-refractivity contribution in [2.75, 3.05) is 5.73 Å². The van der Waals surface area contributed by atoms with E-state index in [9.17, 15) is 4.79 Å². The van der Waals surface area contributed by atoms with E-state index in [1.165, 1.54) is 0 Å². The average molecular weight is 332 g/mol. The first-order valence-corrected chi connectivity index (χ1v) is 7.46. The van der Waals surface area contributed by atoms with Crippen molar-refractivity contribution in [3.05, 3.63) is 63.6 Å². The first kappa shape index (κ1) is 14.8. The number of nitrogen functional groups attached to an aromatic ring is 1. The van der Waals surface area contributed by atoms with Crippen LogP contribution in [0.1, 0.15) is 35.3 Å². The fourth-order valence-corrected chi connectivity index (χ4v) is 2.45. The molecule has 0 saturated heterocycles. The zero-order valence-electron chi connectivity index (χ0n) is 11.7. The zero-order chi connectivity index (χ0) is 14.7. The van der Waals surface area contributed by atoms with E-state index in [0.717, 1.165) is 16.5 Å². The Bertz CT molecular complexity index is 617. The third-order valence-electron chi connectivity index (χ3n) is 3.18. The van der Waals surface area contributed by atoms with Crippen LogP contribution in [0.4, 0.5) is 5.69 Å². The lowest BCUT2D eigenvalue weighted by Crippen LogP contribution is -2.08. The van der Waals surface area contributed by atoms with Crippen molar-refractivity contribution in [1.82, 2.24) is 0 Å². The molecule has 0 saturated carbocycles. The summed E-state index contributed by atoms with van der Waals surface area (Å²) in [5.74, 6) is 0.482. The predicted molar refractivity (Wildman–Crippen MR) is 87.0 cm³/mol. The van der Waals surface area contributed by atoms with Gasteiger partial charge in [-0.05, 0) is 48.2 Å². The number of hydrogen-bond donors (Lipinski definition) is 1. The molecule has 20 heavy (non-hydrogen) atoms. The van der Waals surface area contributed by atoms with E-state index >= 15 is 0 Å². The van der Waals surface area contributed by atoms with E-state index in [2.05, 4.69) is 29.8 Å². The Morgan fingerprint density at radius 1 is 1.15 bits per heavy atom. The number of halogens is 1. The Balaban J connectivity index is 2.37. The highest BCUT2D eigenvalue weighted by Crippen LogP contribution is 2.23. The van der Waals surface area contributed by atoms with Gasteiger partial charge in [-0.3, -0.25) is 4.79 Å². The van der Waals surface area contributed by atoms with Crippen molar-refractivity contribution < 1.29 is 4.79 Å². The Morgan fingerprint density at radius 3 is 2.40 bits per heavy atom. The number of benzene rings is 2. The smallest absolute Gasteiger partial charge is 0.195 e. The maximum Gasteiger partial charge on any atom is 0.195 e. The molecule has 0 unspecified atom stereocenters. The molecule has 3 heteroatoms.